The maximum Gasteiger partial charge on any atom is 0.211 e. The first-order chi connectivity index (χ1) is 11.0. The molecule has 3 atom stereocenters. The minimum atomic E-state index is -3.04. The lowest BCUT2D eigenvalue weighted by Gasteiger charge is -2.31. The van der Waals surface area contributed by atoms with E-state index in [4.69, 9.17) is 4.74 Å². The van der Waals surface area contributed by atoms with Gasteiger partial charge < -0.3 is 15.4 Å². The van der Waals surface area contributed by atoms with E-state index in [1.165, 1.54) is 12.7 Å². The summed E-state index contributed by atoms with van der Waals surface area (Å²) in [6.07, 6.45) is 7.24. The molecule has 3 heterocycles. The zero-order chi connectivity index (χ0) is 16.4. The fourth-order valence-electron chi connectivity index (χ4n) is 3.85. The van der Waals surface area contributed by atoms with Gasteiger partial charge >= 0.3 is 0 Å². The number of halogens is 1. The van der Waals surface area contributed by atoms with Crippen LogP contribution in [0.2, 0.25) is 0 Å². The maximum atomic E-state index is 11.5. The third kappa shape index (κ3) is 4.95. The highest BCUT2D eigenvalue weighted by atomic mass is 127. The Balaban J connectivity index is 0.00000208. The van der Waals surface area contributed by atoms with Crippen molar-refractivity contribution in [3.8, 4) is 0 Å². The van der Waals surface area contributed by atoms with Crippen molar-refractivity contribution in [3.63, 3.8) is 0 Å². The molecule has 0 aliphatic carbocycles. The molecule has 3 aliphatic heterocycles. The van der Waals surface area contributed by atoms with Gasteiger partial charge in [0.25, 0.3) is 0 Å². The number of nitrogens with zero attached hydrogens (tertiary/aromatic N) is 2. The van der Waals surface area contributed by atoms with Crippen molar-refractivity contribution in [1.82, 2.24) is 14.9 Å². The summed E-state index contributed by atoms with van der Waals surface area (Å²) in [7, 11) is -1.26. The molecule has 3 aliphatic rings. The van der Waals surface area contributed by atoms with E-state index in [1.807, 2.05) is 0 Å². The van der Waals surface area contributed by atoms with Gasteiger partial charge in [0.05, 0.1) is 24.5 Å². The summed E-state index contributed by atoms with van der Waals surface area (Å²) in [5.41, 5.74) is 0. The van der Waals surface area contributed by atoms with Crippen molar-refractivity contribution in [2.24, 2.45) is 10.9 Å². The van der Waals surface area contributed by atoms with Gasteiger partial charge in [0.15, 0.2) is 5.96 Å². The van der Waals surface area contributed by atoms with E-state index in [9.17, 15) is 8.42 Å². The van der Waals surface area contributed by atoms with Crippen LogP contribution >= 0.6 is 24.0 Å². The number of guanidine groups is 1. The van der Waals surface area contributed by atoms with Gasteiger partial charge in [-0.05, 0) is 38.0 Å². The third-order valence-electron chi connectivity index (χ3n) is 5.25. The van der Waals surface area contributed by atoms with Crippen molar-refractivity contribution in [1.29, 1.82) is 0 Å². The van der Waals surface area contributed by atoms with Gasteiger partial charge in [-0.15, -0.1) is 24.0 Å². The Morgan fingerprint density at radius 2 is 1.96 bits per heavy atom. The minimum absolute atomic E-state index is 0. The summed E-state index contributed by atoms with van der Waals surface area (Å²) >= 11 is 0. The standard InChI is InChI=1S/C15H28N4O3S.HI/c1-16-15(18-13-9-12-3-4-14(13)22-12)17-10-11-5-7-19(8-6-11)23(2,20)21;/h11-14H,3-10H2,1-2H3,(H2,16,17,18);1H. The van der Waals surface area contributed by atoms with Crippen LogP contribution in [0.15, 0.2) is 4.99 Å². The van der Waals surface area contributed by atoms with Crippen LogP contribution in [0.25, 0.3) is 0 Å². The molecule has 0 aromatic carbocycles. The molecule has 2 bridgehead atoms. The van der Waals surface area contributed by atoms with Crippen LogP contribution in [0.4, 0.5) is 0 Å². The van der Waals surface area contributed by atoms with Gasteiger partial charge in [-0.3, -0.25) is 4.99 Å². The quantitative estimate of drug-likeness (QED) is 0.359. The van der Waals surface area contributed by atoms with Gasteiger partial charge in [0.2, 0.25) is 10.0 Å². The molecule has 140 valence electrons. The molecule has 7 nitrogen and oxygen atoms in total. The van der Waals surface area contributed by atoms with Crippen molar-refractivity contribution in [3.05, 3.63) is 0 Å². The zero-order valence-corrected chi connectivity index (χ0v) is 17.5. The smallest absolute Gasteiger partial charge is 0.211 e. The van der Waals surface area contributed by atoms with Gasteiger partial charge in [-0.2, -0.15) is 0 Å². The lowest BCUT2D eigenvalue weighted by atomic mass is 9.95. The Kier molecular flexibility index (Phi) is 7.15. The molecule has 0 aromatic rings. The van der Waals surface area contributed by atoms with E-state index < -0.39 is 10.0 Å². The first kappa shape index (κ1) is 20.2. The number of fused-ring (bicyclic) bond motifs is 2. The first-order valence-electron chi connectivity index (χ1n) is 8.53. The lowest BCUT2D eigenvalue weighted by molar-refractivity contribution is 0.0992. The van der Waals surface area contributed by atoms with Crippen molar-refractivity contribution in [2.45, 2.75) is 50.4 Å². The molecule has 0 aromatic heterocycles. The second-order valence-electron chi connectivity index (χ2n) is 6.92. The molecule has 0 amide bonds. The van der Waals surface area contributed by atoms with E-state index in [0.717, 1.165) is 38.2 Å². The van der Waals surface area contributed by atoms with Gasteiger partial charge in [-0.1, -0.05) is 0 Å². The Bertz CT molecular complexity index is 549. The molecular formula is C15H29IN4O3S. The number of sulfonamides is 1. The molecule has 2 N–H and O–H groups in total. The normalized spacial score (nSPS) is 31.8. The van der Waals surface area contributed by atoms with Crippen LogP contribution in [0.1, 0.15) is 32.1 Å². The predicted molar refractivity (Wildman–Crippen MR) is 105 cm³/mol. The average Bonchev–Trinajstić information content (AvgIpc) is 3.13. The molecule has 3 fully saturated rings. The van der Waals surface area contributed by atoms with Crippen LogP contribution in [-0.4, -0.2) is 69.9 Å². The minimum Gasteiger partial charge on any atom is -0.373 e. The summed E-state index contributed by atoms with van der Waals surface area (Å²) in [5.74, 6) is 1.32. The monoisotopic (exact) mass is 472 g/mol. The zero-order valence-electron chi connectivity index (χ0n) is 14.4. The van der Waals surface area contributed by atoms with Crippen LogP contribution in [0, 0.1) is 5.92 Å². The van der Waals surface area contributed by atoms with Crippen molar-refractivity contribution >= 4 is 40.0 Å². The molecule has 3 rings (SSSR count). The van der Waals surface area contributed by atoms with Crippen molar-refractivity contribution < 1.29 is 13.2 Å². The summed E-state index contributed by atoms with van der Waals surface area (Å²) in [6.45, 7) is 2.08. The fraction of sp³-hybridized carbons (Fsp3) is 0.933. The number of nitrogens with one attached hydrogen (secondary N) is 2. The molecular weight excluding hydrogens is 443 g/mol. The van der Waals surface area contributed by atoms with Gasteiger partial charge in [0.1, 0.15) is 0 Å². The molecule has 9 heteroatoms. The number of ether oxygens (including phenoxy) is 1. The van der Waals surface area contributed by atoms with E-state index >= 15 is 0 Å². The summed E-state index contributed by atoms with van der Waals surface area (Å²) in [5, 5.41) is 6.87. The third-order valence-corrected chi connectivity index (χ3v) is 6.56. The van der Waals surface area contributed by atoms with E-state index in [2.05, 4.69) is 15.6 Å². The number of rotatable bonds is 4. The van der Waals surface area contributed by atoms with Crippen LogP contribution in [0.5, 0.6) is 0 Å². The summed E-state index contributed by atoms with van der Waals surface area (Å²) in [4.78, 5) is 4.31. The van der Waals surface area contributed by atoms with Crippen LogP contribution in [-0.2, 0) is 14.8 Å². The Morgan fingerprint density at radius 3 is 2.46 bits per heavy atom. The van der Waals surface area contributed by atoms with E-state index in [1.54, 1.807) is 11.4 Å². The topological polar surface area (TPSA) is 83.0 Å². The fourth-order valence-corrected chi connectivity index (χ4v) is 4.72. The largest absolute Gasteiger partial charge is 0.373 e. The number of piperidine rings is 1. The summed E-state index contributed by atoms with van der Waals surface area (Å²) in [6, 6.07) is 0.368. The Labute approximate surface area is 162 Å². The van der Waals surface area contributed by atoms with Gasteiger partial charge in [0, 0.05) is 26.7 Å². The van der Waals surface area contributed by atoms with Crippen LogP contribution < -0.4 is 10.6 Å². The highest BCUT2D eigenvalue weighted by Gasteiger charge is 2.41. The Hall–Kier alpha value is -0.130. The molecule has 24 heavy (non-hydrogen) atoms. The highest BCUT2D eigenvalue weighted by molar-refractivity contribution is 14.0. The highest BCUT2D eigenvalue weighted by Crippen LogP contribution is 2.34. The molecule has 0 radical (unpaired) electrons. The van der Waals surface area contributed by atoms with E-state index in [0.29, 0.717) is 37.3 Å². The molecule has 0 saturated carbocycles. The SMILES string of the molecule is CN=C(NCC1CCN(S(C)(=O)=O)CC1)NC1CC2CCC1O2.I. The van der Waals surface area contributed by atoms with E-state index in [-0.39, 0.29) is 24.0 Å². The molecule has 3 saturated heterocycles. The molecule has 3 unspecified atom stereocenters. The lowest BCUT2D eigenvalue weighted by Crippen LogP contribution is -2.49. The number of aliphatic imine (C=N–C) groups is 1. The second kappa shape index (κ2) is 8.50. The predicted octanol–water partition coefficient (Wildman–Crippen LogP) is 0.761. The first-order valence-corrected chi connectivity index (χ1v) is 10.4. The number of hydrogen-bond donors (Lipinski definition) is 2. The average molecular weight is 472 g/mol. The van der Waals surface area contributed by atoms with Crippen LogP contribution in [0.3, 0.4) is 0 Å². The van der Waals surface area contributed by atoms with Gasteiger partial charge in [-0.25, -0.2) is 12.7 Å². The second-order valence-corrected chi connectivity index (χ2v) is 8.90. The van der Waals surface area contributed by atoms with Crippen molar-refractivity contribution in [2.75, 3.05) is 32.9 Å². The Morgan fingerprint density at radius 1 is 1.25 bits per heavy atom. The molecule has 0 spiro atoms. The summed E-state index contributed by atoms with van der Waals surface area (Å²) < 4.78 is 30.5. The number of hydrogen-bond acceptors (Lipinski definition) is 4. The maximum absolute atomic E-state index is 11.5.